The number of carbonyl (C=O) groups is 1. The van der Waals surface area contributed by atoms with Crippen LogP contribution in [0.2, 0.25) is 0 Å². The number of unbranched alkanes of at least 4 members (excludes halogenated alkanes) is 1. The highest BCUT2D eigenvalue weighted by Gasteiger charge is 2.12. The largest absolute Gasteiger partial charge is 0.478 e. The Labute approximate surface area is 117 Å². The lowest BCUT2D eigenvalue weighted by molar-refractivity contribution is -0.131. The fourth-order valence-corrected chi connectivity index (χ4v) is 2.46. The van der Waals surface area contributed by atoms with E-state index in [9.17, 15) is 13.2 Å². The maximum absolute atomic E-state index is 11.9. The lowest BCUT2D eigenvalue weighted by atomic mass is 10.2. The van der Waals surface area contributed by atoms with E-state index in [4.69, 9.17) is 10.4 Å². The summed E-state index contributed by atoms with van der Waals surface area (Å²) in [6.45, 7) is 0.205. The van der Waals surface area contributed by atoms with Crippen LogP contribution >= 0.6 is 0 Å². The summed E-state index contributed by atoms with van der Waals surface area (Å²) in [5, 5.41) is 16.8. The Hall–Kier alpha value is -2.17. The molecule has 0 atom stereocenters. The van der Waals surface area contributed by atoms with E-state index in [1.807, 2.05) is 6.07 Å². The Kier molecular flexibility index (Phi) is 5.90. The Morgan fingerprint density at radius 2 is 2.00 bits per heavy atom. The molecule has 1 aromatic rings. The average Bonchev–Trinajstić information content (AvgIpc) is 2.42. The minimum atomic E-state index is -3.59. The zero-order chi connectivity index (χ0) is 15.0. The number of hydrogen-bond acceptors (Lipinski definition) is 4. The van der Waals surface area contributed by atoms with Gasteiger partial charge in [0.1, 0.15) is 0 Å². The van der Waals surface area contributed by atoms with Crippen molar-refractivity contribution in [2.24, 2.45) is 0 Å². The Morgan fingerprint density at radius 3 is 2.55 bits per heavy atom. The molecule has 0 amide bonds. The number of rotatable bonds is 7. The van der Waals surface area contributed by atoms with Crippen molar-refractivity contribution in [3.63, 3.8) is 0 Å². The number of nitriles is 1. The number of aliphatic carboxylic acids is 1. The van der Waals surface area contributed by atoms with Crippen LogP contribution in [-0.4, -0.2) is 26.0 Å². The van der Waals surface area contributed by atoms with Crippen molar-refractivity contribution in [1.82, 2.24) is 4.72 Å². The first-order chi connectivity index (χ1) is 9.45. The van der Waals surface area contributed by atoms with E-state index >= 15 is 0 Å². The van der Waals surface area contributed by atoms with E-state index in [0.29, 0.717) is 18.4 Å². The molecule has 0 saturated heterocycles. The normalized spacial score (nSPS) is 11.3. The van der Waals surface area contributed by atoms with E-state index in [1.165, 1.54) is 30.3 Å². The van der Waals surface area contributed by atoms with Crippen LogP contribution in [0.3, 0.4) is 0 Å². The molecule has 0 bridgehead atoms. The summed E-state index contributed by atoms with van der Waals surface area (Å²) >= 11 is 0. The summed E-state index contributed by atoms with van der Waals surface area (Å²) in [5.74, 6) is -1.07. The highest BCUT2D eigenvalue weighted by Crippen LogP contribution is 2.11. The van der Waals surface area contributed by atoms with Gasteiger partial charge < -0.3 is 5.11 Å². The minimum Gasteiger partial charge on any atom is -0.478 e. The molecule has 0 aromatic heterocycles. The number of hydrogen-bond donors (Lipinski definition) is 2. The third-order valence-electron chi connectivity index (χ3n) is 2.37. The summed E-state index contributed by atoms with van der Waals surface area (Å²) in [6.07, 6.45) is 3.10. The summed E-state index contributed by atoms with van der Waals surface area (Å²) in [6, 6.07) is 7.76. The SMILES string of the molecule is N#CCCCNS(=O)(=O)c1ccc(C=CC(=O)O)cc1. The van der Waals surface area contributed by atoms with Gasteiger partial charge in [-0.1, -0.05) is 12.1 Å². The van der Waals surface area contributed by atoms with Gasteiger partial charge in [0.15, 0.2) is 0 Å². The molecule has 2 N–H and O–H groups in total. The molecule has 20 heavy (non-hydrogen) atoms. The quantitative estimate of drug-likeness (QED) is 0.583. The molecular formula is C13H14N2O4S. The Morgan fingerprint density at radius 1 is 1.35 bits per heavy atom. The first-order valence-corrected chi connectivity index (χ1v) is 7.32. The standard InChI is InChI=1S/C13H14N2O4S/c14-9-1-2-10-15-20(18,19)12-6-3-11(4-7-12)5-8-13(16)17/h3-8,15H,1-2,10H2,(H,16,17). The number of nitrogens with one attached hydrogen (secondary N) is 1. The fourth-order valence-electron chi connectivity index (χ4n) is 1.38. The topological polar surface area (TPSA) is 107 Å². The summed E-state index contributed by atoms with van der Waals surface area (Å²) in [7, 11) is -3.59. The van der Waals surface area contributed by atoms with Crippen molar-refractivity contribution in [1.29, 1.82) is 5.26 Å². The van der Waals surface area contributed by atoms with E-state index in [2.05, 4.69) is 4.72 Å². The van der Waals surface area contributed by atoms with Crippen LogP contribution in [-0.2, 0) is 14.8 Å². The average molecular weight is 294 g/mol. The molecule has 0 saturated carbocycles. The third-order valence-corrected chi connectivity index (χ3v) is 3.84. The van der Waals surface area contributed by atoms with Gasteiger partial charge in [0.25, 0.3) is 0 Å². The molecule has 0 heterocycles. The fraction of sp³-hybridized carbons (Fsp3) is 0.231. The van der Waals surface area contributed by atoms with Gasteiger partial charge in [-0.25, -0.2) is 17.9 Å². The van der Waals surface area contributed by atoms with Crippen LogP contribution < -0.4 is 4.72 Å². The van der Waals surface area contributed by atoms with E-state index < -0.39 is 16.0 Å². The lowest BCUT2D eigenvalue weighted by Crippen LogP contribution is -2.24. The zero-order valence-electron chi connectivity index (χ0n) is 10.6. The second kappa shape index (κ2) is 7.43. The first kappa shape index (κ1) is 15.9. The number of carboxylic acids is 1. The molecule has 0 radical (unpaired) electrons. The van der Waals surface area contributed by atoms with Gasteiger partial charge in [-0.15, -0.1) is 0 Å². The predicted molar refractivity (Wildman–Crippen MR) is 73.1 cm³/mol. The van der Waals surface area contributed by atoms with Crippen LogP contribution in [0.25, 0.3) is 6.08 Å². The summed E-state index contributed by atoms with van der Waals surface area (Å²) < 4.78 is 26.1. The maximum atomic E-state index is 11.9. The second-order valence-corrected chi connectivity index (χ2v) is 5.67. The highest BCUT2D eigenvalue weighted by atomic mass is 32.2. The van der Waals surface area contributed by atoms with Crippen LogP contribution in [0, 0.1) is 11.3 Å². The predicted octanol–water partition coefficient (Wildman–Crippen LogP) is 1.37. The Balaban J connectivity index is 2.72. The van der Waals surface area contributed by atoms with Crippen LogP contribution in [0.4, 0.5) is 0 Å². The van der Waals surface area contributed by atoms with Gasteiger partial charge in [0, 0.05) is 19.0 Å². The van der Waals surface area contributed by atoms with Gasteiger partial charge in [-0.05, 0) is 30.2 Å². The monoisotopic (exact) mass is 294 g/mol. The van der Waals surface area contributed by atoms with Crippen LogP contribution in [0.15, 0.2) is 35.2 Å². The van der Waals surface area contributed by atoms with Crippen LogP contribution in [0.5, 0.6) is 0 Å². The third kappa shape index (κ3) is 5.22. The van der Waals surface area contributed by atoms with E-state index in [1.54, 1.807) is 0 Å². The van der Waals surface area contributed by atoms with Crippen molar-refractivity contribution in [3.05, 3.63) is 35.9 Å². The van der Waals surface area contributed by atoms with Gasteiger partial charge in [0.05, 0.1) is 11.0 Å². The molecule has 7 heteroatoms. The molecule has 0 fully saturated rings. The smallest absolute Gasteiger partial charge is 0.328 e. The molecule has 1 rings (SSSR count). The highest BCUT2D eigenvalue weighted by molar-refractivity contribution is 7.89. The number of sulfonamides is 1. The maximum Gasteiger partial charge on any atom is 0.328 e. The van der Waals surface area contributed by atoms with E-state index in [0.717, 1.165) is 6.08 Å². The van der Waals surface area contributed by atoms with Crippen molar-refractivity contribution in [3.8, 4) is 6.07 Å². The van der Waals surface area contributed by atoms with Crippen molar-refractivity contribution >= 4 is 22.1 Å². The van der Waals surface area contributed by atoms with Crippen molar-refractivity contribution < 1.29 is 18.3 Å². The van der Waals surface area contributed by atoms with Gasteiger partial charge in [0.2, 0.25) is 10.0 Å². The molecular weight excluding hydrogens is 280 g/mol. The van der Waals surface area contributed by atoms with Gasteiger partial charge in [-0.3, -0.25) is 0 Å². The van der Waals surface area contributed by atoms with Gasteiger partial charge in [-0.2, -0.15) is 5.26 Å². The minimum absolute atomic E-state index is 0.0990. The molecule has 106 valence electrons. The second-order valence-electron chi connectivity index (χ2n) is 3.90. The number of nitrogens with zero attached hydrogens (tertiary/aromatic N) is 1. The number of carboxylic acid groups (broad SMARTS) is 1. The molecule has 6 nitrogen and oxygen atoms in total. The molecule has 0 aliphatic carbocycles. The van der Waals surface area contributed by atoms with Gasteiger partial charge >= 0.3 is 5.97 Å². The number of benzene rings is 1. The Bertz CT molecular complexity index is 627. The van der Waals surface area contributed by atoms with Crippen molar-refractivity contribution in [2.45, 2.75) is 17.7 Å². The van der Waals surface area contributed by atoms with E-state index in [-0.39, 0.29) is 11.4 Å². The molecule has 0 unspecified atom stereocenters. The molecule has 0 aliphatic heterocycles. The first-order valence-electron chi connectivity index (χ1n) is 5.83. The summed E-state index contributed by atoms with van der Waals surface area (Å²) in [5.41, 5.74) is 0.593. The van der Waals surface area contributed by atoms with Crippen molar-refractivity contribution in [2.75, 3.05) is 6.54 Å². The lowest BCUT2D eigenvalue weighted by Gasteiger charge is -2.05. The summed E-state index contributed by atoms with van der Waals surface area (Å²) in [4.78, 5) is 10.5. The molecule has 0 aliphatic rings. The molecule has 1 aromatic carbocycles. The van der Waals surface area contributed by atoms with Crippen LogP contribution in [0.1, 0.15) is 18.4 Å². The zero-order valence-corrected chi connectivity index (χ0v) is 11.4. The molecule has 0 spiro atoms.